The molecule has 2 aromatic carbocycles. The van der Waals surface area contributed by atoms with E-state index in [0.717, 1.165) is 5.69 Å². The number of rotatable bonds is 7. The molecule has 0 bridgehead atoms. The summed E-state index contributed by atoms with van der Waals surface area (Å²) in [4.78, 5) is 10.6. The first-order valence-corrected chi connectivity index (χ1v) is 8.75. The number of aromatic nitrogens is 3. The van der Waals surface area contributed by atoms with Gasteiger partial charge in [0.15, 0.2) is 11.0 Å². The average molecular weight is 357 g/mol. The number of carbonyl (C=O) groups is 1. The first-order valence-electron chi connectivity index (χ1n) is 7.76. The van der Waals surface area contributed by atoms with Crippen LogP contribution in [0.25, 0.3) is 17.1 Å². The molecule has 5 nitrogen and oxygen atoms in total. The highest BCUT2D eigenvalue weighted by Gasteiger charge is 2.16. The summed E-state index contributed by atoms with van der Waals surface area (Å²) >= 11 is 1.44. The van der Waals surface area contributed by atoms with E-state index in [4.69, 9.17) is 5.11 Å². The first-order chi connectivity index (χ1) is 12.1. The second-order valence-electron chi connectivity index (χ2n) is 5.33. The summed E-state index contributed by atoms with van der Waals surface area (Å²) in [5.41, 5.74) is 1.50. The molecular weight excluding hydrogens is 341 g/mol. The number of para-hydroxylation sites is 1. The molecular formula is C18H16FN3O2S. The molecule has 1 N–H and O–H groups in total. The number of carboxylic acids is 1. The molecule has 7 heteroatoms. The Kier molecular flexibility index (Phi) is 5.45. The molecule has 128 valence electrons. The van der Waals surface area contributed by atoms with Gasteiger partial charge in [-0.1, -0.05) is 42.1 Å². The molecule has 0 spiro atoms. The van der Waals surface area contributed by atoms with E-state index >= 15 is 0 Å². The summed E-state index contributed by atoms with van der Waals surface area (Å²) < 4.78 is 15.5. The maximum Gasteiger partial charge on any atom is 0.303 e. The van der Waals surface area contributed by atoms with Gasteiger partial charge < -0.3 is 5.11 Å². The Morgan fingerprint density at radius 1 is 1.12 bits per heavy atom. The highest BCUT2D eigenvalue weighted by molar-refractivity contribution is 7.99. The predicted molar refractivity (Wildman–Crippen MR) is 94.3 cm³/mol. The summed E-state index contributed by atoms with van der Waals surface area (Å²) in [6.07, 6.45) is 0.653. The predicted octanol–water partition coefficient (Wildman–Crippen LogP) is 4.03. The zero-order valence-corrected chi connectivity index (χ0v) is 14.1. The van der Waals surface area contributed by atoms with Gasteiger partial charge in [-0.3, -0.25) is 9.36 Å². The molecule has 0 amide bonds. The number of carboxylic acid groups (broad SMARTS) is 1. The zero-order chi connectivity index (χ0) is 17.6. The molecule has 0 unspecified atom stereocenters. The third kappa shape index (κ3) is 4.24. The third-order valence-corrected chi connectivity index (χ3v) is 4.51. The molecule has 3 aromatic rings. The van der Waals surface area contributed by atoms with Crippen LogP contribution in [0.2, 0.25) is 0 Å². The number of benzene rings is 2. The van der Waals surface area contributed by atoms with Crippen LogP contribution in [0.15, 0.2) is 59.8 Å². The molecule has 0 atom stereocenters. The van der Waals surface area contributed by atoms with Crippen molar-refractivity contribution in [2.24, 2.45) is 0 Å². The van der Waals surface area contributed by atoms with Gasteiger partial charge >= 0.3 is 5.97 Å². The van der Waals surface area contributed by atoms with E-state index in [0.29, 0.717) is 28.7 Å². The van der Waals surface area contributed by atoms with Crippen LogP contribution in [0.5, 0.6) is 0 Å². The Balaban J connectivity index is 1.95. The van der Waals surface area contributed by atoms with Crippen LogP contribution in [0.3, 0.4) is 0 Å². The van der Waals surface area contributed by atoms with Gasteiger partial charge in [0.1, 0.15) is 5.82 Å². The summed E-state index contributed by atoms with van der Waals surface area (Å²) in [5, 5.41) is 17.8. The highest BCUT2D eigenvalue weighted by Crippen LogP contribution is 2.28. The number of hydrogen-bond donors (Lipinski definition) is 1. The van der Waals surface area contributed by atoms with E-state index in [-0.39, 0.29) is 12.2 Å². The summed E-state index contributed by atoms with van der Waals surface area (Å²) in [6.45, 7) is 0. The second kappa shape index (κ2) is 7.94. The van der Waals surface area contributed by atoms with Gasteiger partial charge in [0, 0.05) is 23.4 Å². The van der Waals surface area contributed by atoms with Crippen molar-refractivity contribution >= 4 is 17.7 Å². The molecule has 25 heavy (non-hydrogen) atoms. The van der Waals surface area contributed by atoms with Crippen LogP contribution in [0.1, 0.15) is 12.8 Å². The number of nitrogens with zero attached hydrogens (tertiary/aromatic N) is 3. The van der Waals surface area contributed by atoms with Gasteiger partial charge in [0.25, 0.3) is 0 Å². The van der Waals surface area contributed by atoms with Crippen molar-refractivity contribution in [3.63, 3.8) is 0 Å². The maximum absolute atomic E-state index is 13.6. The molecule has 0 saturated carbocycles. The van der Waals surface area contributed by atoms with E-state index < -0.39 is 5.97 Å². The molecule has 0 saturated heterocycles. The smallest absolute Gasteiger partial charge is 0.303 e. The van der Waals surface area contributed by atoms with Gasteiger partial charge in [-0.15, -0.1) is 10.2 Å². The Morgan fingerprint density at radius 3 is 2.64 bits per heavy atom. The van der Waals surface area contributed by atoms with E-state index in [1.807, 2.05) is 34.9 Å². The van der Waals surface area contributed by atoms with Crippen molar-refractivity contribution in [2.75, 3.05) is 5.75 Å². The van der Waals surface area contributed by atoms with Crippen molar-refractivity contribution in [3.05, 3.63) is 60.4 Å². The normalized spacial score (nSPS) is 10.8. The lowest BCUT2D eigenvalue weighted by atomic mass is 10.2. The minimum absolute atomic E-state index is 0.114. The van der Waals surface area contributed by atoms with E-state index in [2.05, 4.69) is 10.2 Å². The molecule has 3 rings (SSSR count). The summed E-state index contributed by atoms with van der Waals surface area (Å²) in [5.74, 6) is 0.00762. The molecule has 0 aliphatic heterocycles. The van der Waals surface area contributed by atoms with E-state index in [1.165, 1.54) is 23.9 Å². The molecule has 0 aliphatic carbocycles. The fourth-order valence-corrected chi connectivity index (χ4v) is 3.27. The van der Waals surface area contributed by atoms with E-state index in [1.54, 1.807) is 12.1 Å². The van der Waals surface area contributed by atoms with Gasteiger partial charge in [-0.2, -0.15) is 0 Å². The lowest BCUT2D eigenvalue weighted by Gasteiger charge is -2.10. The quantitative estimate of drug-likeness (QED) is 0.511. The van der Waals surface area contributed by atoms with Crippen LogP contribution in [0, 0.1) is 5.82 Å². The molecule has 0 fully saturated rings. The number of hydrogen-bond acceptors (Lipinski definition) is 4. The Hall–Kier alpha value is -2.67. The maximum atomic E-state index is 13.6. The molecule has 1 heterocycles. The standard InChI is InChI=1S/C18H16FN3O2S/c19-14-7-4-6-13(12-14)17-20-21-18(25-11-5-10-16(23)24)22(17)15-8-2-1-3-9-15/h1-4,6-9,12H,5,10-11H2,(H,23,24). The lowest BCUT2D eigenvalue weighted by molar-refractivity contribution is -0.137. The lowest BCUT2D eigenvalue weighted by Crippen LogP contribution is -2.00. The van der Waals surface area contributed by atoms with Crippen LogP contribution >= 0.6 is 11.8 Å². The second-order valence-corrected chi connectivity index (χ2v) is 6.40. The topological polar surface area (TPSA) is 68.0 Å². The Labute approximate surface area is 148 Å². The van der Waals surface area contributed by atoms with Crippen LogP contribution in [0.4, 0.5) is 4.39 Å². The van der Waals surface area contributed by atoms with Crippen molar-refractivity contribution in [2.45, 2.75) is 18.0 Å². The minimum Gasteiger partial charge on any atom is -0.481 e. The summed E-state index contributed by atoms with van der Waals surface area (Å²) in [7, 11) is 0. The fourth-order valence-electron chi connectivity index (χ4n) is 2.37. The number of halogens is 1. The molecule has 0 aliphatic rings. The van der Waals surface area contributed by atoms with Gasteiger partial charge in [0.2, 0.25) is 0 Å². The minimum atomic E-state index is -0.814. The van der Waals surface area contributed by atoms with Crippen molar-refractivity contribution < 1.29 is 14.3 Å². The van der Waals surface area contributed by atoms with Gasteiger partial charge in [0.05, 0.1) is 0 Å². The number of thioether (sulfide) groups is 1. The fraction of sp³-hybridized carbons (Fsp3) is 0.167. The SMILES string of the molecule is O=C(O)CCCSc1nnc(-c2cccc(F)c2)n1-c1ccccc1. The molecule has 0 radical (unpaired) electrons. The molecule has 1 aromatic heterocycles. The van der Waals surface area contributed by atoms with Crippen LogP contribution in [-0.2, 0) is 4.79 Å². The zero-order valence-electron chi connectivity index (χ0n) is 13.3. The monoisotopic (exact) mass is 357 g/mol. The van der Waals surface area contributed by atoms with Gasteiger partial charge in [-0.25, -0.2) is 4.39 Å². The largest absolute Gasteiger partial charge is 0.481 e. The number of aliphatic carboxylic acids is 1. The van der Waals surface area contributed by atoms with Crippen molar-refractivity contribution in [3.8, 4) is 17.1 Å². The highest BCUT2D eigenvalue weighted by atomic mass is 32.2. The first kappa shape index (κ1) is 17.2. The van der Waals surface area contributed by atoms with Gasteiger partial charge in [-0.05, 0) is 30.7 Å². The van der Waals surface area contributed by atoms with E-state index in [9.17, 15) is 9.18 Å². The van der Waals surface area contributed by atoms with Crippen LogP contribution < -0.4 is 0 Å². The van der Waals surface area contributed by atoms with Crippen molar-refractivity contribution in [1.29, 1.82) is 0 Å². The average Bonchev–Trinajstić information content (AvgIpc) is 3.03. The Morgan fingerprint density at radius 2 is 1.92 bits per heavy atom. The van der Waals surface area contributed by atoms with Crippen LogP contribution in [-0.4, -0.2) is 31.6 Å². The third-order valence-electron chi connectivity index (χ3n) is 3.50. The Bertz CT molecular complexity index is 868. The summed E-state index contributed by atoms with van der Waals surface area (Å²) in [6, 6.07) is 15.8. The van der Waals surface area contributed by atoms with Crippen molar-refractivity contribution in [1.82, 2.24) is 14.8 Å².